The number of fused-ring (bicyclic) bond motifs is 1. The van der Waals surface area contributed by atoms with Gasteiger partial charge in [-0.05, 0) is 32.3 Å². The maximum absolute atomic E-state index is 14.5. The van der Waals surface area contributed by atoms with Crippen LogP contribution in [0.2, 0.25) is 0 Å². The van der Waals surface area contributed by atoms with Gasteiger partial charge in [-0.3, -0.25) is 4.79 Å². The first-order valence-corrected chi connectivity index (χ1v) is 13.7. The average molecular weight is 540 g/mol. The monoisotopic (exact) mass is 539 g/mol. The van der Waals surface area contributed by atoms with Crippen LogP contribution in [-0.4, -0.2) is 75.2 Å². The number of nitrogens with one attached hydrogen (secondary N) is 2. The number of carbonyl (C=O) groups is 1. The molecule has 0 aromatic carbocycles. The van der Waals surface area contributed by atoms with Crippen LogP contribution in [0.3, 0.4) is 0 Å². The Bertz CT molecular complexity index is 1320. The number of aromatic nitrogens is 4. The predicted octanol–water partition coefficient (Wildman–Crippen LogP) is 3.99. The summed E-state index contributed by atoms with van der Waals surface area (Å²) in [5.41, 5.74) is 0.879. The van der Waals surface area contributed by atoms with E-state index in [0.717, 1.165) is 30.2 Å². The van der Waals surface area contributed by atoms with E-state index in [2.05, 4.69) is 44.0 Å². The highest BCUT2D eigenvalue weighted by Crippen LogP contribution is 2.33. The number of aliphatic hydroxyl groups excluding tert-OH is 1. The van der Waals surface area contributed by atoms with Gasteiger partial charge in [0.1, 0.15) is 17.8 Å². The molecule has 0 spiro atoms. The van der Waals surface area contributed by atoms with E-state index in [1.807, 2.05) is 26.1 Å². The largest absolute Gasteiger partial charge is 0.389 e. The van der Waals surface area contributed by atoms with E-state index in [1.165, 1.54) is 0 Å². The number of aliphatic hydroxyl groups is 1. The van der Waals surface area contributed by atoms with E-state index < -0.39 is 17.7 Å². The van der Waals surface area contributed by atoms with E-state index in [4.69, 9.17) is 4.74 Å². The standard InChI is InChI=1S/C28H38FN7O3/c1-5-17(2)36-14-20(26(38)32-18-7-10-39-11-8-18)19-13-31-24(12-22(19)36)33-23-6-9-30-27(34-23)35-15-21(29)25(37)28(3,4)16-35/h6,9,12-14,17-18,21,25,37H,5,7-8,10-11,15-16H2,1-4H3,(H,32,38)(H,30,31,33,34)/t17?,21-,25-/m1/s1. The number of hydrogen-bond donors (Lipinski definition) is 3. The Morgan fingerprint density at radius 2 is 2.05 bits per heavy atom. The lowest BCUT2D eigenvalue weighted by molar-refractivity contribution is -0.0257. The minimum atomic E-state index is -1.38. The topological polar surface area (TPSA) is 117 Å². The third-order valence-electron chi connectivity index (χ3n) is 7.90. The van der Waals surface area contributed by atoms with Gasteiger partial charge in [0.2, 0.25) is 5.95 Å². The van der Waals surface area contributed by atoms with Crippen LogP contribution < -0.4 is 15.5 Å². The molecule has 0 bridgehead atoms. The van der Waals surface area contributed by atoms with Crippen molar-refractivity contribution in [3.8, 4) is 0 Å². The van der Waals surface area contributed by atoms with Gasteiger partial charge in [0.25, 0.3) is 5.91 Å². The van der Waals surface area contributed by atoms with E-state index >= 15 is 0 Å². The second-order valence-corrected chi connectivity index (χ2v) is 11.4. The lowest BCUT2D eigenvalue weighted by atomic mass is 9.80. The molecule has 3 aromatic rings. The molecule has 3 atom stereocenters. The Kier molecular flexibility index (Phi) is 7.73. The van der Waals surface area contributed by atoms with Gasteiger partial charge in [-0.15, -0.1) is 0 Å². The fraction of sp³-hybridized carbons (Fsp3) is 0.571. The highest BCUT2D eigenvalue weighted by Gasteiger charge is 2.42. The molecule has 0 aliphatic carbocycles. The van der Waals surface area contributed by atoms with Crippen molar-refractivity contribution in [1.82, 2.24) is 24.8 Å². The molecule has 2 saturated heterocycles. The zero-order valence-electron chi connectivity index (χ0n) is 23.0. The number of rotatable bonds is 7. The number of carbonyl (C=O) groups excluding carboxylic acids is 1. The van der Waals surface area contributed by atoms with Gasteiger partial charge in [0.15, 0.2) is 0 Å². The molecule has 2 aliphatic rings. The van der Waals surface area contributed by atoms with E-state index in [9.17, 15) is 14.3 Å². The third kappa shape index (κ3) is 5.69. The van der Waals surface area contributed by atoms with Gasteiger partial charge in [-0.1, -0.05) is 20.8 Å². The fourth-order valence-electron chi connectivity index (χ4n) is 5.36. The smallest absolute Gasteiger partial charge is 0.253 e. The summed E-state index contributed by atoms with van der Waals surface area (Å²) in [6.07, 6.45) is 5.37. The Morgan fingerprint density at radius 3 is 2.77 bits per heavy atom. The van der Waals surface area contributed by atoms with Gasteiger partial charge in [0.05, 0.1) is 23.7 Å². The summed E-state index contributed by atoms with van der Waals surface area (Å²) in [4.78, 5) is 28.5. The van der Waals surface area contributed by atoms with Crippen LogP contribution in [0, 0.1) is 5.41 Å². The summed E-state index contributed by atoms with van der Waals surface area (Å²) in [5.74, 6) is 1.38. The summed E-state index contributed by atoms with van der Waals surface area (Å²) in [6, 6.07) is 3.94. The molecule has 10 nitrogen and oxygen atoms in total. The number of nitrogens with zero attached hydrogens (tertiary/aromatic N) is 5. The molecule has 210 valence electrons. The van der Waals surface area contributed by atoms with Crippen molar-refractivity contribution in [2.45, 2.75) is 71.3 Å². The molecule has 5 rings (SSSR count). The van der Waals surface area contributed by atoms with Crippen molar-refractivity contribution in [2.75, 3.05) is 36.5 Å². The number of ether oxygens (including phenoxy) is 1. The van der Waals surface area contributed by atoms with Crippen molar-refractivity contribution in [3.05, 3.63) is 36.3 Å². The Labute approximate surface area is 228 Å². The molecule has 0 saturated carbocycles. The van der Waals surface area contributed by atoms with Crippen LogP contribution in [-0.2, 0) is 4.74 Å². The Morgan fingerprint density at radius 1 is 1.28 bits per heavy atom. The van der Waals surface area contributed by atoms with Crippen molar-refractivity contribution >= 4 is 34.4 Å². The second kappa shape index (κ2) is 11.1. The summed E-state index contributed by atoms with van der Waals surface area (Å²) < 4.78 is 22.1. The molecule has 3 aromatic heterocycles. The first kappa shape index (κ1) is 27.3. The maximum atomic E-state index is 14.5. The van der Waals surface area contributed by atoms with Gasteiger partial charge in [-0.25, -0.2) is 14.4 Å². The van der Waals surface area contributed by atoms with Crippen LogP contribution >= 0.6 is 0 Å². The van der Waals surface area contributed by atoms with Crippen molar-refractivity contribution in [2.24, 2.45) is 5.41 Å². The second-order valence-electron chi connectivity index (χ2n) is 11.4. The fourth-order valence-corrected chi connectivity index (χ4v) is 5.36. The molecule has 0 radical (unpaired) electrons. The molecule has 2 fully saturated rings. The van der Waals surface area contributed by atoms with E-state index in [0.29, 0.717) is 42.9 Å². The van der Waals surface area contributed by atoms with Crippen LogP contribution in [0.25, 0.3) is 10.9 Å². The van der Waals surface area contributed by atoms with E-state index in [-0.39, 0.29) is 24.5 Å². The molecule has 1 amide bonds. The van der Waals surface area contributed by atoms with Crippen molar-refractivity contribution in [1.29, 1.82) is 0 Å². The average Bonchev–Trinajstić information content (AvgIpc) is 3.31. The SMILES string of the molecule is CCC(C)n1cc(C(=O)NC2CCOCC2)c2cnc(Nc3ccnc(N4C[C@@H](F)[C@@H](O)C(C)(C)C4)n3)cc21. The number of amides is 1. The van der Waals surface area contributed by atoms with Crippen LogP contribution in [0.1, 0.15) is 63.4 Å². The van der Waals surface area contributed by atoms with Crippen LogP contribution in [0.15, 0.2) is 30.7 Å². The highest BCUT2D eigenvalue weighted by atomic mass is 19.1. The molecule has 1 unspecified atom stereocenters. The first-order valence-electron chi connectivity index (χ1n) is 13.7. The number of anilines is 3. The molecule has 3 N–H and O–H groups in total. The number of halogens is 1. The summed E-state index contributed by atoms with van der Waals surface area (Å²) in [7, 11) is 0. The number of hydrogen-bond acceptors (Lipinski definition) is 8. The summed E-state index contributed by atoms with van der Waals surface area (Å²) in [6.45, 7) is 9.69. The molecular formula is C28H38FN7O3. The van der Waals surface area contributed by atoms with Crippen LogP contribution in [0.5, 0.6) is 0 Å². The number of alkyl halides is 1. The minimum Gasteiger partial charge on any atom is -0.389 e. The highest BCUT2D eigenvalue weighted by molar-refractivity contribution is 6.07. The van der Waals surface area contributed by atoms with Gasteiger partial charge in [-0.2, -0.15) is 4.98 Å². The lowest BCUT2D eigenvalue weighted by Crippen LogP contribution is -2.55. The Hall–Kier alpha value is -3.31. The third-order valence-corrected chi connectivity index (χ3v) is 7.90. The quantitative estimate of drug-likeness (QED) is 0.413. The molecule has 2 aliphatic heterocycles. The van der Waals surface area contributed by atoms with Crippen LogP contribution in [0.4, 0.5) is 22.0 Å². The van der Waals surface area contributed by atoms with Crippen molar-refractivity contribution < 1.29 is 19.0 Å². The summed E-state index contributed by atoms with van der Waals surface area (Å²) in [5, 5.41) is 17.4. The molecular weight excluding hydrogens is 501 g/mol. The zero-order chi connectivity index (χ0) is 27.7. The molecule has 39 heavy (non-hydrogen) atoms. The molecule has 5 heterocycles. The minimum absolute atomic E-state index is 0.0272. The lowest BCUT2D eigenvalue weighted by Gasteiger charge is -2.43. The van der Waals surface area contributed by atoms with Gasteiger partial charge in [0, 0.05) is 67.3 Å². The number of piperidine rings is 1. The van der Waals surface area contributed by atoms with Gasteiger partial charge < -0.3 is 29.9 Å². The summed E-state index contributed by atoms with van der Waals surface area (Å²) >= 11 is 0. The normalized spacial score (nSPS) is 22.6. The predicted molar refractivity (Wildman–Crippen MR) is 148 cm³/mol. The van der Waals surface area contributed by atoms with Crippen molar-refractivity contribution in [3.63, 3.8) is 0 Å². The van der Waals surface area contributed by atoms with E-state index in [1.54, 1.807) is 23.4 Å². The first-order chi connectivity index (χ1) is 18.7. The van der Waals surface area contributed by atoms with Gasteiger partial charge >= 0.3 is 0 Å². The number of pyridine rings is 1. The Balaban J connectivity index is 1.40. The molecule has 11 heteroatoms. The zero-order valence-corrected chi connectivity index (χ0v) is 23.0. The maximum Gasteiger partial charge on any atom is 0.253 e.